The van der Waals surface area contributed by atoms with Crippen LogP contribution in [-0.4, -0.2) is 42.0 Å². The molecule has 2 fully saturated rings. The van der Waals surface area contributed by atoms with Crippen molar-refractivity contribution in [3.05, 3.63) is 71.8 Å². The second-order valence-corrected chi connectivity index (χ2v) is 14.0. The second-order valence-electron chi connectivity index (χ2n) is 12.3. The number of aryl methyl sites for hydroxylation is 2. The first-order valence-corrected chi connectivity index (χ1v) is 15.7. The van der Waals surface area contributed by atoms with Crippen molar-refractivity contribution in [3.8, 4) is 17.1 Å². The molecule has 1 aromatic heterocycles. The molecule has 3 aliphatic rings. The number of nitrogens with zero attached hydrogens (tertiary/aromatic N) is 3. The van der Waals surface area contributed by atoms with E-state index in [9.17, 15) is 8.42 Å². The van der Waals surface area contributed by atoms with Crippen molar-refractivity contribution in [2.24, 2.45) is 11.3 Å². The van der Waals surface area contributed by atoms with Crippen molar-refractivity contribution < 1.29 is 13.2 Å². The normalized spacial score (nSPS) is 21.5. The highest BCUT2D eigenvalue weighted by atomic mass is 32.2. The summed E-state index contributed by atoms with van der Waals surface area (Å²) in [6.45, 7) is 13.4. The van der Waals surface area contributed by atoms with Gasteiger partial charge in [-0.1, -0.05) is 50.8 Å². The molecule has 1 spiro atoms. The Kier molecular flexibility index (Phi) is 6.64. The van der Waals surface area contributed by atoms with E-state index in [2.05, 4.69) is 40.0 Å². The number of anilines is 1. The molecule has 2 heterocycles. The van der Waals surface area contributed by atoms with Crippen LogP contribution in [0.2, 0.25) is 0 Å². The Labute approximate surface area is 237 Å². The summed E-state index contributed by atoms with van der Waals surface area (Å²) in [6, 6.07) is 15.3. The third kappa shape index (κ3) is 5.09. The molecule has 3 aromatic rings. The SMILES string of the molecule is C=C1c2cccc(c2)S(=O)(=O)Nc2nc(cc(-c3c(C)cccc3C)n2)OC[C@@H](CC(C)C)N1C1CC2(CC2)C1. The Morgan fingerprint density at radius 1 is 1.07 bits per heavy atom. The number of fused-ring (bicyclic) bond motifs is 4. The molecule has 4 bridgehead atoms. The van der Waals surface area contributed by atoms with Gasteiger partial charge in [-0.15, -0.1) is 0 Å². The minimum absolute atomic E-state index is 0.00874. The lowest BCUT2D eigenvalue weighted by molar-refractivity contribution is 0.0515. The summed E-state index contributed by atoms with van der Waals surface area (Å²) in [5.41, 5.74) is 5.81. The summed E-state index contributed by atoms with van der Waals surface area (Å²) in [5.74, 6) is 0.780. The Bertz CT molecular complexity index is 1550. The molecule has 1 N–H and O–H groups in total. The lowest BCUT2D eigenvalue weighted by Crippen LogP contribution is -2.51. The molecule has 2 aromatic carbocycles. The number of hydrogen-bond donors (Lipinski definition) is 1. The fourth-order valence-corrected chi connectivity index (χ4v) is 7.50. The number of sulfonamides is 1. The van der Waals surface area contributed by atoms with Crippen molar-refractivity contribution in [3.63, 3.8) is 0 Å². The van der Waals surface area contributed by atoms with Crippen molar-refractivity contribution in [1.29, 1.82) is 0 Å². The van der Waals surface area contributed by atoms with Gasteiger partial charge in [-0.3, -0.25) is 0 Å². The summed E-state index contributed by atoms with van der Waals surface area (Å²) in [7, 11) is -3.96. The summed E-state index contributed by atoms with van der Waals surface area (Å²) in [5, 5.41) is 0. The van der Waals surface area contributed by atoms with Gasteiger partial charge < -0.3 is 9.64 Å². The fourth-order valence-electron chi connectivity index (χ4n) is 6.51. The van der Waals surface area contributed by atoms with Crippen molar-refractivity contribution in [2.75, 3.05) is 11.3 Å². The standard InChI is InChI=1S/C32H38N4O3S/c1-20(2)14-25-19-39-29-16-28(30-21(3)8-6-9-22(30)4)33-31(34-29)35-40(37,38)27-11-7-10-24(15-27)23(5)36(25)26-17-32(18-26)12-13-32/h6-11,15-16,20,25-26H,5,12-14,17-19H2,1-4H3,(H,33,34,35)/t25-/m1/s1. The van der Waals surface area contributed by atoms with Gasteiger partial charge in [0.15, 0.2) is 0 Å². The van der Waals surface area contributed by atoms with Crippen molar-refractivity contribution in [1.82, 2.24) is 14.9 Å². The average molecular weight is 559 g/mol. The zero-order chi connectivity index (χ0) is 28.2. The minimum atomic E-state index is -3.96. The topological polar surface area (TPSA) is 84.4 Å². The van der Waals surface area contributed by atoms with E-state index in [-0.39, 0.29) is 16.9 Å². The maximum absolute atomic E-state index is 13.6. The number of hydrogen-bond acceptors (Lipinski definition) is 6. The van der Waals surface area contributed by atoms with E-state index >= 15 is 0 Å². The molecule has 0 radical (unpaired) electrons. The first-order valence-electron chi connectivity index (χ1n) is 14.2. The molecule has 1 aliphatic heterocycles. The first kappa shape index (κ1) is 26.8. The average Bonchev–Trinajstić information content (AvgIpc) is 3.67. The molecule has 7 nitrogen and oxygen atoms in total. The molecule has 2 aliphatic carbocycles. The van der Waals surface area contributed by atoms with Crippen LogP contribution < -0.4 is 9.46 Å². The van der Waals surface area contributed by atoms with Gasteiger partial charge in [0, 0.05) is 23.4 Å². The van der Waals surface area contributed by atoms with E-state index in [1.807, 2.05) is 44.2 Å². The van der Waals surface area contributed by atoms with E-state index in [0.717, 1.165) is 47.2 Å². The third-order valence-corrected chi connectivity index (χ3v) is 10.0. The van der Waals surface area contributed by atoms with Crippen LogP contribution in [0.25, 0.3) is 17.0 Å². The Hall–Kier alpha value is -3.39. The summed E-state index contributed by atoms with van der Waals surface area (Å²) in [4.78, 5) is 11.7. The lowest BCUT2D eigenvalue weighted by Gasteiger charge is -2.49. The van der Waals surface area contributed by atoms with Crippen LogP contribution in [0.1, 0.15) is 62.6 Å². The highest BCUT2D eigenvalue weighted by Crippen LogP contribution is 2.62. The van der Waals surface area contributed by atoms with Crippen LogP contribution in [-0.2, 0) is 10.0 Å². The van der Waals surface area contributed by atoms with Crippen LogP contribution in [0.3, 0.4) is 0 Å². The number of aromatic nitrogens is 2. The van der Waals surface area contributed by atoms with Crippen LogP contribution in [0.15, 0.2) is 60.0 Å². The zero-order valence-corrected chi connectivity index (χ0v) is 24.6. The molecule has 0 saturated heterocycles. The highest BCUT2D eigenvalue weighted by molar-refractivity contribution is 7.92. The van der Waals surface area contributed by atoms with E-state index < -0.39 is 10.0 Å². The molecular formula is C32H38N4O3S. The van der Waals surface area contributed by atoms with E-state index in [4.69, 9.17) is 4.74 Å². The van der Waals surface area contributed by atoms with Crippen LogP contribution in [0.4, 0.5) is 5.95 Å². The molecule has 6 rings (SSSR count). The predicted octanol–water partition coefficient (Wildman–Crippen LogP) is 6.58. The van der Waals surface area contributed by atoms with Crippen molar-refractivity contribution >= 4 is 21.7 Å². The van der Waals surface area contributed by atoms with Crippen LogP contribution in [0.5, 0.6) is 5.88 Å². The number of benzene rings is 2. The molecule has 40 heavy (non-hydrogen) atoms. The Morgan fingerprint density at radius 3 is 2.45 bits per heavy atom. The monoisotopic (exact) mass is 558 g/mol. The van der Waals surface area contributed by atoms with Gasteiger partial charge in [-0.2, -0.15) is 4.98 Å². The number of rotatable bonds is 4. The maximum Gasteiger partial charge on any atom is 0.264 e. The molecule has 8 heteroatoms. The Morgan fingerprint density at radius 2 is 1.77 bits per heavy atom. The van der Waals surface area contributed by atoms with E-state index in [1.54, 1.807) is 18.2 Å². The van der Waals surface area contributed by atoms with Crippen molar-refractivity contribution in [2.45, 2.75) is 76.8 Å². The number of ether oxygens (including phenoxy) is 1. The summed E-state index contributed by atoms with van der Waals surface area (Å²) in [6.07, 6.45) is 5.82. The summed E-state index contributed by atoms with van der Waals surface area (Å²) < 4.78 is 36.2. The second kappa shape index (κ2) is 9.91. The van der Waals surface area contributed by atoms with Gasteiger partial charge in [-0.25, -0.2) is 18.1 Å². The van der Waals surface area contributed by atoms with Gasteiger partial charge in [0.25, 0.3) is 10.0 Å². The minimum Gasteiger partial charge on any atom is -0.475 e. The largest absolute Gasteiger partial charge is 0.475 e. The van der Waals surface area contributed by atoms with Gasteiger partial charge in [0.05, 0.1) is 16.6 Å². The first-order chi connectivity index (χ1) is 19.0. The van der Waals surface area contributed by atoms with Crippen LogP contribution in [0, 0.1) is 25.2 Å². The molecule has 210 valence electrons. The fraction of sp³-hybridized carbons (Fsp3) is 0.438. The molecular weight excluding hydrogens is 520 g/mol. The quantitative estimate of drug-likeness (QED) is 0.389. The van der Waals surface area contributed by atoms with E-state index in [1.165, 1.54) is 12.8 Å². The molecule has 2 saturated carbocycles. The Balaban J connectivity index is 1.48. The molecule has 0 unspecified atom stereocenters. The summed E-state index contributed by atoms with van der Waals surface area (Å²) >= 11 is 0. The predicted molar refractivity (Wildman–Crippen MR) is 158 cm³/mol. The van der Waals surface area contributed by atoms with E-state index in [0.29, 0.717) is 35.6 Å². The number of nitrogens with one attached hydrogen (secondary N) is 1. The van der Waals surface area contributed by atoms with Crippen LogP contribution >= 0.6 is 0 Å². The zero-order valence-electron chi connectivity index (χ0n) is 23.8. The maximum atomic E-state index is 13.6. The lowest BCUT2D eigenvalue weighted by atomic mass is 9.75. The molecule has 0 amide bonds. The van der Waals surface area contributed by atoms with Gasteiger partial charge in [0.2, 0.25) is 11.8 Å². The third-order valence-electron chi connectivity index (χ3n) is 8.70. The van der Waals surface area contributed by atoms with Gasteiger partial charge in [-0.05, 0) is 86.1 Å². The highest BCUT2D eigenvalue weighted by Gasteiger charge is 2.55. The van der Waals surface area contributed by atoms with Gasteiger partial charge >= 0.3 is 0 Å². The smallest absolute Gasteiger partial charge is 0.264 e. The van der Waals surface area contributed by atoms with Gasteiger partial charge in [0.1, 0.15) is 6.61 Å². The molecule has 1 atom stereocenters.